The lowest BCUT2D eigenvalue weighted by Crippen LogP contribution is -2.25. The van der Waals surface area contributed by atoms with E-state index < -0.39 is 17.6 Å². The topological polar surface area (TPSA) is 102 Å². The molecule has 1 amide bonds. The number of carbonyl (C=O) groups excluding carboxylic acids is 1. The molecule has 0 aliphatic carbocycles. The van der Waals surface area contributed by atoms with Crippen LogP contribution in [0.15, 0.2) is 42.5 Å². The molecule has 8 nitrogen and oxygen atoms in total. The number of para-hydroxylation sites is 1. The summed E-state index contributed by atoms with van der Waals surface area (Å²) >= 11 is 0. The Morgan fingerprint density at radius 2 is 2.04 bits per heavy atom. The van der Waals surface area contributed by atoms with Crippen molar-refractivity contribution in [2.75, 3.05) is 19.5 Å². The van der Waals surface area contributed by atoms with E-state index in [2.05, 4.69) is 25.9 Å². The third kappa shape index (κ3) is 4.20. The molecule has 1 atom stereocenters. The van der Waals surface area contributed by atoms with Gasteiger partial charge in [-0.05, 0) is 42.3 Å². The van der Waals surface area contributed by atoms with Gasteiger partial charge in [-0.2, -0.15) is 5.21 Å². The first-order chi connectivity index (χ1) is 13.1. The molecule has 2 aromatic carbocycles. The summed E-state index contributed by atoms with van der Waals surface area (Å²) in [6.07, 6.45) is 0.209. The van der Waals surface area contributed by atoms with Crippen LogP contribution in [0.4, 0.5) is 10.1 Å². The second-order valence-corrected chi connectivity index (χ2v) is 5.67. The number of anilines is 1. The number of benzene rings is 2. The smallest absolute Gasteiger partial charge is 0.235 e. The molecule has 9 heteroatoms. The number of carbonyl (C=O) groups is 1. The minimum atomic E-state index is -0.815. The Bertz CT molecular complexity index is 917. The minimum Gasteiger partial charge on any atom is -0.497 e. The van der Waals surface area contributed by atoms with Crippen LogP contribution in [0.1, 0.15) is 17.3 Å². The van der Waals surface area contributed by atoms with Crippen molar-refractivity contribution in [1.29, 1.82) is 0 Å². The molecule has 3 aromatic rings. The van der Waals surface area contributed by atoms with Gasteiger partial charge in [0.25, 0.3) is 0 Å². The van der Waals surface area contributed by atoms with Crippen LogP contribution < -0.4 is 14.8 Å². The van der Waals surface area contributed by atoms with E-state index in [-0.39, 0.29) is 17.9 Å². The molecule has 27 heavy (non-hydrogen) atoms. The quantitative estimate of drug-likeness (QED) is 0.661. The van der Waals surface area contributed by atoms with Gasteiger partial charge < -0.3 is 14.8 Å². The van der Waals surface area contributed by atoms with Crippen LogP contribution in [-0.4, -0.2) is 40.8 Å². The van der Waals surface area contributed by atoms with Crippen LogP contribution in [0.2, 0.25) is 0 Å². The summed E-state index contributed by atoms with van der Waals surface area (Å²) in [5.74, 6) is -0.420. The highest BCUT2D eigenvalue weighted by Crippen LogP contribution is 2.29. The fourth-order valence-corrected chi connectivity index (χ4v) is 2.66. The molecule has 0 radical (unpaired) electrons. The highest BCUT2D eigenvalue weighted by Gasteiger charge is 2.27. The molecular weight excluding hydrogens is 353 g/mol. The summed E-state index contributed by atoms with van der Waals surface area (Å²) in [5.41, 5.74) is 0.795. The van der Waals surface area contributed by atoms with Crippen LogP contribution in [-0.2, 0) is 11.2 Å². The zero-order valence-corrected chi connectivity index (χ0v) is 14.8. The third-order valence-corrected chi connectivity index (χ3v) is 4.03. The van der Waals surface area contributed by atoms with Gasteiger partial charge in [-0.3, -0.25) is 4.79 Å². The fourth-order valence-electron chi connectivity index (χ4n) is 2.66. The molecule has 1 aromatic heterocycles. The number of hydrogen-bond donors (Lipinski definition) is 2. The van der Waals surface area contributed by atoms with Gasteiger partial charge in [-0.15, -0.1) is 10.2 Å². The van der Waals surface area contributed by atoms with Crippen LogP contribution in [0.3, 0.4) is 0 Å². The summed E-state index contributed by atoms with van der Waals surface area (Å²) in [7, 11) is 3.08. The number of ether oxygens (including phenoxy) is 2. The number of methoxy groups -OCH3 is 2. The van der Waals surface area contributed by atoms with E-state index in [9.17, 15) is 9.18 Å². The highest BCUT2D eigenvalue weighted by molar-refractivity contribution is 5.95. The number of nitrogens with one attached hydrogen (secondary N) is 2. The molecule has 140 valence electrons. The number of tetrazole rings is 1. The van der Waals surface area contributed by atoms with E-state index in [4.69, 9.17) is 9.47 Å². The van der Waals surface area contributed by atoms with Crippen molar-refractivity contribution in [1.82, 2.24) is 20.6 Å². The average Bonchev–Trinajstić information content (AvgIpc) is 3.22. The molecule has 0 spiro atoms. The normalized spacial score (nSPS) is 11.7. The van der Waals surface area contributed by atoms with Crippen LogP contribution in [0.5, 0.6) is 11.5 Å². The predicted octanol–water partition coefficient (Wildman–Crippen LogP) is 2.32. The summed E-state index contributed by atoms with van der Waals surface area (Å²) in [5, 5.41) is 16.3. The number of rotatable bonds is 7. The van der Waals surface area contributed by atoms with Gasteiger partial charge in [0.2, 0.25) is 5.91 Å². The lowest BCUT2D eigenvalue weighted by molar-refractivity contribution is -0.117. The molecule has 0 saturated heterocycles. The van der Waals surface area contributed by atoms with Gasteiger partial charge in [0.05, 0.1) is 19.9 Å². The van der Waals surface area contributed by atoms with Crippen molar-refractivity contribution in [2.24, 2.45) is 0 Å². The lowest BCUT2D eigenvalue weighted by atomic mass is 9.96. The number of halogens is 1. The summed E-state index contributed by atoms with van der Waals surface area (Å²) in [6, 6.07) is 11.2. The monoisotopic (exact) mass is 371 g/mol. The number of aromatic amines is 1. The molecule has 2 N–H and O–H groups in total. The van der Waals surface area contributed by atoms with E-state index in [1.54, 1.807) is 37.4 Å². The SMILES string of the molecule is COc1ccc(OC)c(C[C@@H](C(=O)Nc2ccccc2F)c2nn[nH]n2)c1. The maximum atomic E-state index is 13.9. The number of aromatic nitrogens is 4. The second kappa shape index (κ2) is 8.26. The van der Waals surface area contributed by atoms with E-state index in [1.807, 2.05) is 0 Å². The molecule has 0 saturated carbocycles. The highest BCUT2D eigenvalue weighted by atomic mass is 19.1. The van der Waals surface area contributed by atoms with Gasteiger partial charge in [-0.25, -0.2) is 4.39 Å². The zero-order chi connectivity index (χ0) is 19.2. The third-order valence-electron chi connectivity index (χ3n) is 4.03. The first kappa shape index (κ1) is 18.3. The van der Waals surface area contributed by atoms with Crippen molar-refractivity contribution < 1.29 is 18.7 Å². The Labute approximate surface area is 154 Å². The van der Waals surface area contributed by atoms with Crippen molar-refractivity contribution in [2.45, 2.75) is 12.3 Å². The lowest BCUT2D eigenvalue weighted by Gasteiger charge is -2.16. The molecule has 0 bridgehead atoms. The number of amides is 1. The van der Waals surface area contributed by atoms with Gasteiger partial charge in [0, 0.05) is 0 Å². The predicted molar refractivity (Wildman–Crippen MR) is 95.2 cm³/mol. The standard InChI is InChI=1S/C18H18FN5O3/c1-26-12-7-8-16(27-2)11(9-12)10-13(17-21-23-24-22-17)18(25)20-15-6-4-3-5-14(15)19/h3-9,13H,10H2,1-2H3,(H,20,25)(H,21,22,23,24)/t13-/m1/s1. The molecule has 3 rings (SSSR count). The molecular formula is C18H18FN5O3. The maximum absolute atomic E-state index is 13.9. The first-order valence-corrected chi connectivity index (χ1v) is 8.12. The van der Waals surface area contributed by atoms with Gasteiger partial charge in [-0.1, -0.05) is 17.3 Å². The molecule has 0 fully saturated rings. The molecule has 0 aliphatic rings. The van der Waals surface area contributed by atoms with E-state index >= 15 is 0 Å². The average molecular weight is 371 g/mol. The van der Waals surface area contributed by atoms with Crippen LogP contribution >= 0.6 is 0 Å². The number of hydrogen-bond acceptors (Lipinski definition) is 6. The molecule has 0 unspecified atom stereocenters. The van der Waals surface area contributed by atoms with Crippen molar-refractivity contribution in [3.05, 3.63) is 59.7 Å². The minimum absolute atomic E-state index is 0.0774. The van der Waals surface area contributed by atoms with Crippen molar-refractivity contribution in [3.63, 3.8) is 0 Å². The Morgan fingerprint density at radius 1 is 1.22 bits per heavy atom. The molecule has 1 heterocycles. The fraction of sp³-hybridized carbons (Fsp3) is 0.222. The Hall–Kier alpha value is -3.49. The van der Waals surface area contributed by atoms with Gasteiger partial charge >= 0.3 is 0 Å². The van der Waals surface area contributed by atoms with E-state index in [0.717, 1.165) is 5.56 Å². The molecule has 0 aliphatic heterocycles. The van der Waals surface area contributed by atoms with Gasteiger partial charge in [0.1, 0.15) is 23.2 Å². The van der Waals surface area contributed by atoms with Gasteiger partial charge in [0.15, 0.2) is 5.82 Å². The Balaban J connectivity index is 1.91. The Kier molecular flexibility index (Phi) is 5.60. The van der Waals surface area contributed by atoms with E-state index in [1.165, 1.54) is 19.2 Å². The number of H-pyrrole nitrogens is 1. The van der Waals surface area contributed by atoms with Crippen LogP contribution in [0.25, 0.3) is 0 Å². The summed E-state index contributed by atoms with van der Waals surface area (Å²) in [4.78, 5) is 12.9. The van der Waals surface area contributed by atoms with Crippen LogP contribution in [0, 0.1) is 5.82 Å². The van der Waals surface area contributed by atoms with Crippen molar-refractivity contribution >= 4 is 11.6 Å². The van der Waals surface area contributed by atoms with Crippen molar-refractivity contribution in [3.8, 4) is 11.5 Å². The number of nitrogens with zero attached hydrogens (tertiary/aromatic N) is 3. The summed E-state index contributed by atoms with van der Waals surface area (Å²) < 4.78 is 24.5. The summed E-state index contributed by atoms with van der Waals surface area (Å²) in [6.45, 7) is 0. The first-order valence-electron chi connectivity index (χ1n) is 8.12. The van der Waals surface area contributed by atoms with E-state index in [0.29, 0.717) is 11.5 Å². The Morgan fingerprint density at radius 3 is 2.70 bits per heavy atom. The maximum Gasteiger partial charge on any atom is 0.235 e. The second-order valence-electron chi connectivity index (χ2n) is 5.67. The largest absolute Gasteiger partial charge is 0.497 e. The zero-order valence-electron chi connectivity index (χ0n) is 14.8.